The van der Waals surface area contributed by atoms with Gasteiger partial charge in [-0.2, -0.15) is 5.10 Å². The minimum Gasteiger partial charge on any atom is -0.323 e. The van der Waals surface area contributed by atoms with E-state index in [1.54, 1.807) is 30.5 Å². The lowest BCUT2D eigenvalue weighted by Gasteiger charge is -2.14. The molecule has 1 aromatic carbocycles. The van der Waals surface area contributed by atoms with E-state index < -0.39 is 0 Å². The molecule has 1 aliphatic rings. The molecule has 136 valence electrons. The van der Waals surface area contributed by atoms with Gasteiger partial charge in [-0.1, -0.05) is 26.3 Å². The van der Waals surface area contributed by atoms with Crippen LogP contribution < -0.4 is 10.6 Å². The largest absolute Gasteiger partial charge is 0.323 e. The molecule has 0 unspecified atom stereocenters. The predicted molar refractivity (Wildman–Crippen MR) is 102 cm³/mol. The number of benzene rings is 1. The fourth-order valence-electron chi connectivity index (χ4n) is 3.40. The molecule has 1 fully saturated rings. The fraction of sp³-hybridized carbons (Fsp3) is 0.350. The minimum atomic E-state index is -0.283. The minimum absolute atomic E-state index is 0.188. The van der Waals surface area contributed by atoms with E-state index in [2.05, 4.69) is 33.9 Å². The quantitative estimate of drug-likeness (QED) is 0.773. The first-order valence-electron chi connectivity index (χ1n) is 9.03. The molecule has 3 rings (SSSR count). The third-order valence-electron chi connectivity index (χ3n) is 4.75. The lowest BCUT2D eigenvalue weighted by molar-refractivity contribution is -0.111. The molecule has 0 radical (unpaired) electrons. The molecule has 0 atom stereocenters. The summed E-state index contributed by atoms with van der Waals surface area (Å²) in [6, 6.07) is 7.20. The molecule has 6 heteroatoms. The number of hydrogen-bond acceptors (Lipinski definition) is 3. The number of amides is 2. The molecular weight excluding hydrogens is 328 g/mol. The Kier molecular flexibility index (Phi) is 5.51. The third-order valence-corrected chi connectivity index (χ3v) is 4.75. The standard InChI is InChI=1S/C20H24N4O2/c1-3-18-17(13-21-24(18)16-7-5-6-8-16)23-20(26)14-9-11-15(12-10-14)22-19(25)4-2/h4,9-13,16H,2-3,5-8H2,1H3,(H,22,25)(H,23,26). The van der Waals surface area contributed by atoms with Crippen molar-refractivity contribution in [2.45, 2.75) is 45.1 Å². The summed E-state index contributed by atoms with van der Waals surface area (Å²) in [6.07, 6.45) is 8.55. The number of nitrogens with zero attached hydrogens (tertiary/aromatic N) is 2. The molecule has 6 nitrogen and oxygen atoms in total. The van der Waals surface area contributed by atoms with Gasteiger partial charge in [-0.05, 0) is 49.6 Å². The Morgan fingerprint density at radius 1 is 1.23 bits per heavy atom. The first kappa shape index (κ1) is 17.9. The molecule has 0 aliphatic heterocycles. The van der Waals surface area contributed by atoms with E-state index in [0.717, 1.165) is 30.6 Å². The Hall–Kier alpha value is -2.89. The molecule has 0 saturated heterocycles. The Labute approximate surface area is 153 Å². The van der Waals surface area contributed by atoms with Gasteiger partial charge < -0.3 is 10.6 Å². The van der Waals surface area contributed by atoms with Crippen LogP contribution in [0.3, 0.4) is 0 Å². The van der Waals surface area contributed by atoms with Crippen LogP contribution >= 0.6 is 0 Å². The fourth-order valence-corrected chi connectivity index (χ4v) is 3.40. The highest BCUT2D eigenvalue weighted by atomic mass is 16.2. The van der Waals surface area contributed by atoms with Crippen LogP contribution in [0.25, 0.3) is 0 Å². The number of carbonyl (C=O) groups is 2. The number of anilines is 2. The average Bonchev–Trinajstić information content (AvgIpc) is 3.31. The summed E-state index contributed by atoms with van der Waals surface area (Å²) in [7, 11) is 0. The van der Waals surface area contributed by atoms with Crippen molar-refractivity contribution in [3.63, 3.8) is 0 Å². The molecule has 26 heavy (non-hydrogen) atoms. The monoisotopic (exact) mass is 352 g/mol. The lowest BCUT2D eigenvalue weighted by Crippen LogP contribution is -2.15. The van der Waals surface area contributed by atoms with E-state index in [9.17, 15) is 9.59 Å². The first-order valence-corrected chi connectivity index (χ1v) is 9.03. The highest BCUT2D eigenvalue weighted by molar-refractivity contribution is 6.05. The van der Waals surface area contributed by atoms with Crippen molar-refractivity contribution in [2.75, 3.05) is 10.6 Å². The molecule has 2 N–H and O–H groups in total. The Morgan fingerprint density at radius 2 is 1.92 bits per heavy atom. The summed E-state index contributed by atoms with van der Waals surface area (Å²) in [4.78, 5) is 23.9. The van der Waals surface area contributed by atoms with Crippen molar-refractivity contribution in [1.29, 1.82) is 0 Å². The Morgan fingerprint density at radius 3 is 2.54 bits per heavy atom. The van der Waals surface area contributed by atoms with E-state index in [1.165, 1.54) is 18.9 Å². The molecule has 0 spiro atoms. The molecule has 1 saturated carbocycles. The second-order valence-corrected chi connectivity index (χ2v) is 6.47. The summed E-state index contributed by atoms with van der Waals surface area (Å²) < 4.78 is 2.08. The van der Waals surface area contributed by atoms with Gasteiger partial charge in [0.1, 0.15) is 0 Å². The van der Waals surface area contributed by atoms with Gasteiger partial charge in [-0.15, -0.1) is 0 Å². The van der Waals surface area contributed by atoms with Crippen LogP contribution in [0.2, 0.25) is 0 Å². The summed E-state index contributed by atoms with van der Waals surface area (Å²) in [5.74, 6) is -0.471. The number of carbonyl (C=O) groups excluding carboxylic acids is 2. The Bertz CT molecular complexity index is 802. The van der Waals surface area contributed by atoms with E-state index in [4.69, 9.17) is 0 Å². The van der Waals surface area contributed by atoms with Gasteiger partial charge >= 0.3 is 0 Å². The SMILES string of the molecule is C=CC(=O)Nc1ccc(C(=O)Nc2cnn(C3CCCC3)c2CC)cc1. The molecule has 0 bridgehead atoms. The zero-order valence-corrected chi connectivity index (χ0v) is 15.0. The molecule has 2 amide bonds. The van der Waals surface area contributed by atoms with Crippen molar-refractivity contribution < 1.29 is 9.59 Å². The number of hydrogen-bond donors (Lipinski definition) is 2. The van der Waals surface area contributed by atoms with Gasteiger partial charge in [-0.3, -0.25) is 14.3 Å². The van der Waals surface area contributed by atoms with Crippen molar-refractivity contribution in [3.8, 4) is 0 Å². The van der Waals surface area contributed by atoms with Crippen LogP contribution in [-0.4, -0.2) is 21.6 Å². The maximum absolute atomic E-state index is 12.6. The van der Waals surface area contributed by atoms with Crippen molar-refractivity contribution in [2.24, 2.45) is 0 Å². The van der Waals surface area contributed by atoms with Gasteiger partial charge in [0.05, 0.1) is 23.6 Å². The highest BCUT2D eigenvalue weighted by Crippen LogP contribution is 2.32. The van der Waals surface area contributed by atoms with Gasteiger partial charge in [0.2, 0.25) is 5.91 Å². The summed E-state index contributed by atoms with van der Waals surface area (Å²) >= 11 is 0. The van der Waals surface area contributed by atoms with E-state index in [1.807, 2.05) is 0 Å². The van der Waals surface area contributed by atoms with Crippen LogP contribution in [0.5, 0.6) is 0 Å². The summed E-state index contributed by atoms with van der Waals surface area (Å²) in [5, 5.41) is 10.1. The summed E-state index contributed by atoms with van der Waals surface area (Å²) in [5.41, 5.74) is 2.99. The normalized spacial score (nSPS) is 14.2. The Balaban J connectivity index is 1.71. The van der Waals surface area contributed by atoms with Gasteiger partial charge in [0.25, 0.3) is 5.91 Å². The topological polar surface area (TPSA) is 76.0 Å². The molecule has 1 aliphatic carbocycles. The van der Waals surface area contributed by atoms with E-state index >= 15 is 0 Å². The van der Waals surface area contributed by atoms with Gasteiger partial charge in [0, 0.05) is 11.3 Å². The highest BCUT2D eigenvalue weighted by Gasteiger charge is 2.22. The average molecular weight is 352 g/mol. The van der Waals surface area contributed by atoms with Crippen LogP contribution in [0.15, 0.2) is 43.1 Å². The smallest absolute Gasteiger partial charge is 0.255 e. The predicted octanol–water partition coefficient (Wildman–Crippen LogP) is 3.94. The van der Waals surface area contributed by atoms with Crippen molar-refractivity contribution in [1.82, 2.24) is 9.78 Å². The summed E-state index contributed by atoms with van der Waals surface area (Å²) in [6.45, 7) is 5.49. The molecule has 1 heterocycles. The van der Waals surface area contributed by atoms with Crippen molar-refractivity contribution in [3.05, 3.63) is 54.4 Å². The second-order valence-electron chi connectivity index (χ2n) is 6.47. The second kappa shape index (κ2) is 7.99. The first-order chi connectivity index (χ1) is 12.6. The number of nitrogens with one attached hydrogen (secondary N) is 2. The van der Waals surface area contributed by atoms with E-state index in [-0.39, 0.29) is 11.8 Å². The molecule has 1 aromatic heterocycles. The zero-order chi connectivity index (χ0) is 18.5. The third kappa shape index (κ3) is 3.85. The van der Waals surface area contributed by atoms with Crippen LogP contribution in [0, 0.1) is 0 Å². The van der Waals surface area contributed by atoms with Gasteiger partial charge in [0.15, 0.2) is 0 Å². The maximum Gasteiger partial charge on any atom is 0.255 e. The molecule has 2 aromatic rings. The van der Waals surface area contributed by atoms with Crippen LogP contribution in [0.1, 0.15) is 54.7 Å². The lowest BCUT2D eigenvalue weighted by atomic mass is 10.1. The molecular formula is C20H24N4O2. The maximum atomic E-state index is 12.6. The zero-order valence-electron chi connectivity index (χ0n) is 15.0. The van der Waals surface area contributed by atoms with Gasteiger partial charge in [-0.25, -0.2) is 0 Å². The van der Waals surface area contributed by atoms with Crippen LogP contribution in [0.4, 0.5) is 11.4 Å². The van der Waals surface area contributed by atoms with Crippen LogP contribution in [-0.2, 0) is 11.2 Å². The van der Waals surface area contributed by atoms with Crippen molar-refractivity contribution >= 4 is 23.2 Å². The number of rotatable bonds is 6. The van der Waals surface area contributed by atoms with E-state index in [0.29, 0.717) is 17.3 Å². The number of aromatic nitrogens is 2.